The SMILES string of the molecule is C.CCC1=CC(C)N(CC)C(C)C1.CCC1=CC2CCC(C1)N2CC.CCC1CC(C)N(CC)C(C)C1.CCC1CC2CCC(C1)N2CC.CCN1C(C)CC(C)(CC)CC1C.CCN1CCN(CC)CC1. The molecule has 8 aliphatic rings. The van der Waals surface area contributed by atoms with E-state index in [2.05, 4.69) is 178 Å². The van der Waals surface area contributed by atoms with Gasteiger partial charge in [0.05, 0.1) is 0 Å². The van der Waals surface area contributed by atoms with Gasteiger partial charge in [0.15, 0.2) is 0 Å². The highest BCUT2D eigenvalue weighted by Crippen LogP contribution is 2.41. The Kier molecular flexibility index (Phi) is 32.6. The minimum Gasteiger partial charge on any atom is -0.301 e. The molecule has 0 spiro atoms. The van der Waals surface area contributed by atoms with Crippen molar-refractivity contribution in [3.8, 4) is 0 Å². The number of piperidine rings is 3. The zero-order valence-corrected chi connectivity index (χ0v) is 51.5. The van der Waals surface area contributed by atoms with E-state index < -0.39 is 0 Å². The second kappa shape index (κ2) is 34.9. The standard InChI is InChI=1S/C12H25N.C11H21N.C11H19N.C11H23N.C11H21N.C8H18N2.CH4/c1-6-12(5)8-10(3)13(7-2)11(4)9-12;2*1-3-9-7-10-5-6-11(8-9)12(10)4-2;2*1-5-11-7-9(3)12(6-2)10(4)8-11;1-3-9-5-7-10(4-2)8-6-9;/h10-11H,6-9H2,1-5H3;9-11H,3-8H2,1-2H3;7,10-11H,3-6,8H2,1-2H3;9-11H,5-8H2,1-4H3;7,9-10H,5-6,8H2,1-4H3;3-8H2,1-2H3;1H4. The van der Waals surface area contributed by atoms with Crippen molar-refractivity contribution in [2.24, 2.45) is 17.3 Å². The molecule has 4 bridgehead atoms. The van der Waals surface area contributed by atoms with Crippen LogP contribution in [0.5, 0.6) is 0 Å². The summed E-state index contributed by atoms with van der Waals surface area (Å²) in [5, 5.41) is 0. The van der Waals surface area contributed by atoms with Crippen molar-refractivity contribution in [3.63, 3.8) is 0 Å². The molecule has 0 aromatic heterocycles. The lowest BCUT2D eigenvalue weighted by Gasteiger charge is -2.47. The van der Waals surface area contributed by atoms with Crippen LogP contribution >= 0.6 is 0 Å². The van der Waals surface area contributed by atoms with Crippen LogP contribution in [0, 0.1) is 17.3 Å². The minimum atomic E-state index is 0. The predicted molar refractivity (Wildman–Crippen MR) is 323 cm³/mol. The summed E-state index contributed by atoms with van der Waals surface area (Å²) in [4.78, 5) is 18.2. The largest absolute Gasteiger partial charge is 0.301 e. The van der Waals surface area contributed by atoms with E-state index in [4.69, 9.17) is 0 Å². The molecule has 0 N–H and O–H groups in total. The van der Waals surface area contributed by atoms with Gasteiger partial charge in [0.1, 0.15) is 0 Å². The van der Waals surface area contributed by atoms with Gasteiger partial charge in [-0.25, -0.2) is 0 Å². The number of likely N-dealkylation sites (N-methyl/N-ethyl adjacent to an activating group) is 4. The Balaban J connectivity index is 0.000000296. The Morgan fingerprint density at radius 3 is 1.22 bits per heavy atom. The smallest absolute Gasteiger partial charge is 0.0284 e. The van der Waals surface area contributed by atoms with Crippen molar-refractivity contribution >= 4 is 0 Å². The molecule has 6 fully saturated rings. The summed E-state index contributed by atoms with van der Waals surface area (Å²) in [5.41, 5.74) is 3.94. The van der Waals surface area contributed by atoms with Gasteiger partial charge in [-0.1, -0.05) is 140 Å². The van der Waals surface area contributed by atoms with E-state index in [0.717, 1.165) is 66.2 Å². The third-order valence-corrected chi connectivity index (χ3v) is 20.0. The quantitative estimate of drug-likeness (QED) is 0.179. The molecule has 10 atom stereocenters. The van der Waals surface area contributed by atoms with Crippen LogP contribution in [0.4, 0.5) is 0 Å². The van der Waals surface area contributed by atoms with Crippen molar-refractivity contribution < 1.29 is 0 Å². The number of hydrogen-bond acceptors (Lipinski definition) is 7. The second-order valence-corrected chi connectivity index (χ2v) is 24.5. The van der Waals surface area contributed by atoms with Gasteiger partial charge < -0.3 is 9.80 Å². The van der Waals surface area contributed by atoms with Crippen molar-refractivity contribution in [2.75, 3.05) is 72.0 Å². The highest BCUT2D eigenvalue weighted by molar-refractivity contribution is 5.17. The molecule has 8 rings (SSSR count). The Hall–Kier alpha value is -0.800. The van der Waals surface area contributed by atoms with E-state index in [1.54, 1.807) is 11.1 Å². The van der Waals surface area contributed by atoms with Gasteiger partial charge in [-0.05, 0) is 194 Å². The van der Waals surface area contributed by atoms with E-state index in [1.165, 1.54) is 181 Å². The fourth-order valence-corrected chi connectivity index (χ4v) is 15.5. The number of fused-ring (bicyclic) bond motifs is 4. The molecular formula is C65H131N7. The number of nitrogens with zero attached hydrogens (tertiary/aromatic N) is 7. The Bertz CT molecular complexity index is 1400. The number of piperazine rings is 1. The summed E-state index contributed by atoms with van der Waals surface area (Å²) >= 11 is 0. The first kappa shape index (κ1) is 67.3. The molecule has 0 aromatic carbocycles. The molecule has 10 unspecified atom stereocenters. The number of hydrogen-bond donors (Lipinski definition) is 0. The Labute approximate surface area is 453 Å². The lowest BCUT2D eigenvalue weighted by Crippen LogP contribution is -2.49. The zero-order valence-electron chi connectivity index (χ0n) is 51.5. The Morgan fingerprint density at radius 2 is 0.847 bits per heavy atom. The molecule has 426 valence electrons. The van der Waals surface area contributed by atoms with Gasteiger partial charge >= 0.3 is 0 Å². The lowest BCUT2D eigenvalue weighted by atomic mass is 9.73. The van der Waals surface area contributed by atoms with Crippen LogP contribution in [0.2, 0.25) is 0 Å². The molecule has 0 aromatic rings. The molecule has 6 saturated heterocycles. The van der Waals surface area contributed by atoms with Crippen molar-refractivity contribution in [2.45, 2.75) is 309 Å². The first-order valence-corrected chi connectivity index (χ1v) is 31.6. The summed E-state index contributed by atoms with van der Waals surface area (Å²) in [6.45, 7) is 57.7. The van der Waals surface area contributed by atoms with E-state index in [1.807, 2.05) is 0 Å². The maximum absolute atomic E-state index is 2.74. The van der Waals surface area contributed by atoms with Crippen LogP contribution in [-0.4, -0.2) is 167 Å². The highest BCUT2D eigenvalue weighted by Gasteiger charge is 2.39. The molecule has 0 amide bonds. The predicted octanol–water partition coefficient (Wildman–Crippen LogP) is 15.5. The van der Waals surface area contributed by atoms with Crippen molar-refractivity contribution in [3.05, 3.63) is 23.3 Å². The second-order valence-electron chi connectivity index (χ2n) is 24.5. The summed E-state index contributed by atoms with van der Waals surface area (Å²) in [6.07, 6.45) is 28.5. The molecule has 8 aliphatic heterocycles. The first-order chi connectivity index (χ1) is 33.9. The van der Waals surface area contributed by atoms with Gasteiger partial charge in [-0.3, -0.25) is 24.5 Å². The highest BCUT2D eigenvalue weighted by atomic mass is 15.3. The fraction of sp³-hybridized carbons (Fsp3) is 0.938. The number of likely N-dealkylation sites (tertiary alicyclic amines) is 2. The van der Waals surface area contributed by atoms with Gasteiger partial charge in [0.2, 0.25) is 0 Å². The third-order valence-electron chi connectivity index (χ3n) is 20.0. The molecule has 72 heavy (non-hydrogen) atoms. The van der Waals surface area contributed by atoms with Gasteiger partial charge in [0, 0.05) is 86.6 Å². The van der Waals surface area contributed by atoms with Crippen molar-refractivity contribution in [1.29, 1.82) is 0 Å². The average Bonchev–Trinajstić information content (AvgIpc) is 3.77. The molecule has 0 radical (unpaired) electrons. The first-order valence-electron chi connectivity index (χ1n) is 31.6. The van der Waals surface area contributed by atoms with Gasteiger partial charge in [0.25, 0.3) is 0 Å². The van der Waals surface area contributed by atoms with Crippen LogP contribution in [0.25, 0.3) is 0 Å². The van der Waals surface area contributed by atoms with Crippen LogP contribution in [0.15, 0.2) is 23.3 Å². The monoisotopic (exact) mass is 1010 g/mol. The lowest BCUT2D eigenvalue weighted by molar-refractivity contribution is 0.0261. The van der Waals surface area contributed by atoms with E-state index >= 15 is 0 Å². The van der Waals surface area contributed by atoms with E-state index in [0.29, 0.717) is 11.5 Å². The zero-order chi connectivity index (χ0) is 52.8. The molecular weight excluding hydrogens is 879 g/mol. The number of rotatable bonds is 12. The summed E-state index contributed by atoms with van der Waals surface area (Å²) < 4.78 is 0. The molecule has 0 aliphatic carbocycles. The normalized spacial score (nSPS) is 35.5. The van der Waals surface area contributed by atoms with Crippen molar-refractivity contribution in [1.82, 2.24) is 34.3 Å². The van der Waals surface area contributed by atoms with Crippen LogP contribution < -0.4 is 0 Å². The maximum Gasteiger partial charge on any atom is 0.0284 e. The summed E-state index contributed by atoms with van der Waals surface area (Å²) in [5.74, 6) is 2.03. The summed E-state index contributed by atoms with van der Waals surface area (Å²) in [6, 6.07) is 8.16. The third kappa shape index (κ3) is 20.2. The van der Waals surface area contributed by atoms with E-state index in [-0.39, 0.29) is 7.43 Å². The van der Waals surface area contributed by atoms with Gasteiger partial charge in [-0.15, -0.1) is 0 Å². The summed E-state index contributed by atoms with van der Waals surface area (Å²) in [7, 11) is 0. The van der Waals surface area contributed by atoms with Gasteiger partial charge in [-0.2, -0.15) is 0 Å². The Morgan fingerprint density at radius 1 is 0.431 bits per heavy atom. The van der Waals surface area contributed by atoms with E-state index in [9.17, 15) is 0 Å². The van der Waals surface area contributed by atoms with Crippen LogP contribution in [0.3, 0.4) is 0 Å². The minimum absolute atomic E-state index is 0. The molecule has 7 nitrogen and oxygen atoms in total. The topological polar surface area (TPSA) is 22.7 Å². The van der Waals surface area contributed by atoms with Crippen LogP contribution in [-0.2, 0) is 0 Å². The van der Waals surface area contributed by atoms with Crippen LogP contribution in [0.1, 0.15) is 248 Å². The average molecular weight is 1010 g/mol. The molecule has 0 saturated carbocycles. The molecule has 7 heteroatoms. The fourth-order valence-electron chi connectivity index (χ4n) is 15.5. The molecule has 8 heterocycles. The maximum atomic E-state index is 2.74.